The molecule has 0 N–H and O–H groups in total. The molecule has 1 aromatic heterocycles. The number of ether oxygens (including phenoxy) is 1. The molecule has 0 saturated carbocycles. The maximum Gasteiger partial charge on any atom is 0.337 e. The number of benzene rings is 2. The summed E-state index contributed by atoms with van der Waals surface area (Å²) in [6.45, 7) is 0. The molecule has 0 bridgehead atoms. The molecule has 0 aliphatic heterocycles. The first kappa shape index (κ1) is 14.1. The predicted octanol–water partition coefficient (Wildman–Crippen LogP) is 4.38. The molecule has 0 aliphatic rings. The molecule has 1 heterocycles. The number of thiazole rings is 1. The van der Waals surface area contributed by atoms with Gasteiger partial charge in [-0.15, -0.1) is 11.3 Å². The molecule has 5 heteroatoms. The lowest BCUT2D eigenvalue weighted by Crippen LogP contribution is -2.00. The number of carbonyl (C=O) groups is 1. The molecule has 3 nitrogen and oxygen atoms in total. The number of carbonyl (C=O) groups excluding carboxylic acids is 1. The molecule has 0 aliphatic carbocycles. The second kappa shape index (κ2) is 6.28. The summed E-state index contributed by atoms with van der Waals surface area (Å²) in [5.74, 6) is 0.529. The van der Waals surface area contributed by atoms with Gasteiger partial charge in [-0.05, 0) is 29.8 Å². The number of thioether (sulfide) groups is 1. The van der Waals surface area contributed by atoms with Crippen molar-refractivity contribution in [3.63, 3.8) is 0 Å². The summed E-state index contributed by atoms with van der Waals surface area (Å²) < 4.78 is 6.96. The van der Waals surface area contributed by atoms with Gasteiger partial charge in [0.05, 0.1) is 22.9 Å². The second-order valence-corrected chi connectivity index (χ2v) is 6.68. The van der Waals surface area contributed by atoms with E-state index in [0.29, 0.717) is 5.56 Å². The van der Waals surface area contributed by atoms with Crippen LogP contribution in [0.25, 0.3) is 10.2 Å². The molecule has 0 unspecified atom stereocenters. The first-order valence-corrected chi connectivity index (χ1v) is 8.22. The summed E-state index contributed by atoms with van der Waals surface area (Å²) in [7, 11) is 1.39. The number of methoxy groups -OCH3 is 1. The Kier molecular flexibility index (Phi) is 4.22. The first-order chi connectivity index (χ1) is 10.3. The third kappa shape index (κ3) is 3.25. The van der Waals surface area contributed by atoms with Gasteiger partial charge >= 0.3 is 5.97 Å². The SMILES string of the molecule is COC(=O)c1ccc(CSc2nc3ccccc3s2)cc1. The number of rotatable bonds is 4. The summed E-state index contributed by atoms with van der Waals surface area (Å²) in [4.78, 5) is 16.0. The van der Waals surface area contributed by atoms with Crippen LogP contribution in [-0.2, 0) is 10.5 Å². The van der Waals surface area contributed by atoms with Gasteiger partial charge in [-0.3, -0.25) is 0 Å². The number of hydrogen-bond acceptors (Lipinski definition) is 5. The average Bonchev–Trinajstić information content (AvgIpc) is 2.95. The molecule has 3 rings (SSSR count). The first-order valence-electron chi connectivity index (χ1n) is 6.42. The van der Waals surface area contributed by atoms with Crippen molar-refractivity contribution in [3.05, 3.63) is 59.7 Å². The Balaban J connectivity index is 1.68. The van der Waals surface area contributed by atoms with E-state index in [9.17, 15) is 4.79 Å². The van der Waals surface area contributed by atoms with Gasteiger partial charge in [-0.1, -0.05) is 36.0 Å². The number of esters is 1. The molecule has 3 aromatic rings. The topological polar surface area (TPSA) is 39.2 Å². The van der Waals surface area contributed by atoms with E-state index < -0.39 is 0 Å². The van der Waals surface area contributed by atoms with Crippen LogP contribution < -0.4 is 0 Å². The van der Waals surface area contributed by atoms with Crippen molar-refractivity contribution in [2.24, 2.45) is 0 Å². The van der Waals surface area contributed by atoms with E-state index in [-0.39, 0.29) is 5.97 Å². The molecule has 2 aromatic carbocycles. The fourth-order valence-electron chi connectivity index (χ4n) is 1.91. The van der Waals surface area contributed by atoms with Crippen LogP contribution >= 0.6 is 23.1 Å². The van der Waals surface area contributed by atoms with Gasteiger partial charge in [-0.25, -0.2) is 9.78 Å². The van der Waals surface area contributed by atoms with Crippen LogP contribution in [0, 0.1) is 0 Å². The Labute approximate surface area is 131 Å². The van der Waals surface area contributed by atoms with Crippen molar-refractivity contribution < 1.29 is 9.53 Å². The van der Waals surface area contributed by atoms with Crippen LogP contribution in [0.4, 0.5) is 0 Å². The molecule has 106 valence electrons. The monoisotopic (exact) mass is 315 g/mol. The zero-order valence-corrected chi connectivity index (χ0v) is 13.0. The molecular formula is C16H13NO2S2. The molecule has 0 spiro atoms. The summed E-state index contributed by atoms with van der Waals surface area (Å²) in [6.07, 6.45) is 0. The fourth-order valence-corrected chi connectivity index (χ4v) is 3.94. The molecule has 0 saturated heterocycles. The van der Waals surface area contributed by atoms with Gasteiger partial charge in [0.2, 0.25) is 0 Å². The molecule has 0 fully saturated rings. The highest BCUT2D eigenvalue weighted by Gasteiger charge is 2.06. The molecule has 0 atom stereocenters. The summed E-state index contributed by atoms with van der Waals surface area (Å²) in [6, 6.07) is 15.6. The minimum atomic E-state index is -0.305. The Hall–Kier alpha value is -1.85. The van der Waals surface area contributed by atoms with Crippen LogP contribution in [0.15, 0.2) is 52.9 Å². The largest absolute Gasteiger partial charge is 0.465 e. The predicted molar refractivity (Wildman–Crippen MR) is 87.0 cm³/mol. The van der Waals surface area contributed by atoms with E-state index in [1.165, 1.54) is 11.8 Å². The number of aromatic nitrogens is 1. The highest BCUT2D eigenvalue weighted by atomic mass is 32.2. The van der Waals surface area contributed by atoms with Gasteiger partial charge < -0.3 is 4.74 Å². The van der Waals surface area contributed by atoms with E-state index >= 15 is 0 Å². The van der Waals surface area contributed by atoms with E-state index in [4.69, 9.17) is 0 Å². The minimum Gasteiger partial charge on any atom is -0.465 e. The third-order valence-electron chi connectivity index (χ3n) is 3.01. The molecule has 0 amide bonds. The van der Waals surface area contributed by atoms with E-state index in [2.05, 4.69) is 15.8 Å². The lowest BCUT2D eigenvalue weighted by atomic mass is 10.1. The number of fused-ring (bicyclic) bond motifs is 1. The lowest BCUT2D eigenvalue weighted by Gasteiger charge is -2.01. The standard InChI is InChI=1S/C16H13NO2S2/c1-19-15(18)12-8-6-11(7-9-12)10-20-16-17-13-4-2-3-5-14(13)21-16/h2-9H,10H2,1H3. The normalized spacial score (nSPS) is 10.7. The number of hydrogen-bond donors (Lipinski definition) is 0. The third-order valence-corrected chi connectivity index (χ3v) is 5.26. The van der Waals surface area contributed by atoms with Crippen LogP contribution in [-0.4, -0.2) is 18.1 Å². The number of para-hydroxylation sites is 1. The van der Waals surface area contributed by atoms with Crippen LogP contribution in [0.5, 0.6) is 0 Å². The smallest absolute Gasteiger partial charge is 0.337 e. The zero-order valence-electron chi connectivity index (χ0n) is 11.4. The van der Waals surface area contributed by atoms with Crippen LogP contribution in [0.1, 0.15) is 15.9 Å². The van der Waals surface area contributed by atoms with Gasteiger partial charge in [-0.2, -0.15) is 0 Å². The zero-order chi connectivity index (χ0) is 14.7. The summed E-state index contributed by atoms with van der Waals surface area (Å²) in [5.41, 5.74) is 2.78. The highest BCUT2D eigenvalue weighted by Crippen LogP contribution is 2.31. The van der Waals surface area contributed by atoms with E-state index in [1.807, 2.05) is 30.3 Å². The van der Waals surface area contributed by atoms with Crippen molar-refractivity contribution in [2.75, 3.05) is 7.11 Å². The summed E-state index contributed by atoms with van der Waals surface area (Å²) >= 11 is 3.42. The average molecular weight is 315 g/mol. The Bertz CT molecular complexity index is 732. The maximum absolute atomic E-state index is 11.4. The Morgan fingerprint density at radius 3 is 2.67 bits per heavy atom. The van der Waals surface area contributed by atoms with Crippen molar-refractivity contribution in [2.45, 2.75) is 10.1 Å². The van der Waals surface area contributed by atoms with Gasteiger partial charge in [0.15, 0.2) is 4.34 Å². The minimum absolute atomic E-state index is 0.305. The van der Waals surface area contributed by atoms with E-state index in [1.54, 1.807) is 35.2 Å². The highest BCUT2D eigenvalue weighted by molar-refractivity contribution is 8.00. The molecule has 21 heavy (non-hydrogen) atoms. The Morgan fingerprint density at radius 2 is 1.95 bits per heavy atom. The van der Waals surface area contributed by atoms with Crippen molar-refractivity contribution >= 4 is 39.3 Å². The molecule has 0 radical (unpaired) electrons. The van der Waals surface area contributed by atoms with Gasteiger partial charge in [0.1, 0.15) is 0 Å². The van der Waals surface area contributed by atoms with Crippen molar-refractivity contribution in [1.82, 2.24) is 4.98 Å². The fraction of sp³-hybridized carbons (Fsp3) is 0.125. The Morgan fingerprint density at radius 1 is 1.19 bits per heavy atom. The van der Waals surface area contributed by atoms with Crippen LogP contribution in [0.2, 0.25) is 0 Å². The quantitative estimate of drug-likeness (QED) is 0.529. The maximum atomic E-state index is 11.4. The van der Waals surface area contributed by atoms with Gasteiger partial charge in [0, 0.05) is 5.75 Å². The molecular weight excluding hydrogens is 302 g/mol. The van der Waals surface area contributed by atoms with E-state index in [0.717, 1.165) is 21.2 Å². The lowest BCUT2D eigenvalue weighted by molar-refractivity contribution is 0.0600. The van der Waals surface area contributed by atoms with Crippen molar-refractivity contribution in [3.8, 4) is 0 Å². The van der Waals surface area contributed by atoms with Crippen molar-refractivity contribution in [1.29, 1.82) is 0 Å². The summed E-state index contributed by atoms with van der Waals surface area (Å²) in [5, 5.41) is 0. The second-order valence-electron chi connectivity index (χ2n) is 4.42. The van der Waals surface area contributed by atoms with Gasteiger partial charge in [0.25, 0.3) is 0 Å². The van der Waals surface area contributed by atoms with Crippen LogP contribution in [0.3, 0.4) is 0 Å². The number of nitrogens with zero attached hydrogens (tertiary/aromatic N) is 1.